The van der Waals surface area contributed by atoms with Gasteiger partial charge in [-0.15, -0.1) is 0 Å². The number of carbonyl (C=O) groups is 1. The van der Waals surface area contributed by atoms with Gasteiger partial charge in [-0.25, -0.2) is 4.39 Å². The molecule has 0 aliphatic heterocycles. The van der Waals surface area contributed by atoms with Gasteiger partial charge in [0, 0.05) is 10.7 Å². The number of hydrogen-bond acceptors (Lipinski definition) is 3. The second-order valence-corrected chi connectivity index (χ2v) is 7.52. The fourth-order valence-electron chi connectivity index (χ4n) is 2.86. The van der Waals surface area contributed by atoms with Crippen LogP contribution in [0.1, 0.15) is 34.5 Å². The number of halogens is 2. The summed E-state index contributed by atoms with van der Waals surface area (Å²) in [7, 11) is 0. The molecule has 1 amide bonds. The summed E-state index contributed by atoms with van der Waals surface area (Å²) in [6, 6.07) is 19.8. The average Bonchev–Trinajstić information content (AvgIpc) is 2.75. The summed E-state index contributed by atoms with van der Waals surface area (Å²) in [6.07, 6.45) is 0. The van der Waals surface area contributed by atoms with Crippen molar-refractivity contribution in [2.75, 3.05) is 10.6 Å². The van der Waals surface area contributed by atoms with Gasteiger partial charge in [0.15, 0.2) is 5.11 Å². The minimum Gasteiger partial charge on any atom is -0.356 e. The lowest BCUT2D eigenvalue weighted by Gasteiger charge is -2.18. The van der Waals surface area contributed by atoms with Crippen LogP contribution < -0.4 is 16.0 Å². The Balaban J connectivity index is 1.67. The van der Waals surface area contributed by atoms with Crippen molar-refractivity contribution in [3.63, 3.8) is 0 Å². The van der Waals surface area contributed by atoms with Gasteiger partial charge < -0.3 is 16.0 Å². The van der Waals surface area contributed by atoms with Crippen LogP contribution in [-0.2, 0) is 0 Å². The minimum atomic E-state index is -0.636. The van der Waals surface area contributed by atoms with E-state index in [1.807, 2.05) is 25.1 Å². The molecule has 3 aromatic carbocycles. The quantitative estimate of drug-likeness (QED) is 0.436. The van der Waals surface area contributed by atoms with E-state index in [4.69, 9.17) is 23.8 Å². The lowest BCUT2D eigenvalue weighted by Crippen LogP contribution is -2.30. The van der Waals surface area contributed by atoms with Gasteiger partial charge in [-0.2, -0.15) is 5.26 Å². The Hall–Kier alpha value is -3.47. The first-order valence-electron chi connectivity index (χ1n) is 9.30. The first-order chi connectivity index (χ1) is 14.9. The summed E-state index contributed by atoms with van der Waals surface area (Å²) in [5, 5.41) is 19.2. The number of thiocarbonyl (C=S) groups is 1. The Labute approximate surface area is 189 Å². The molecule has 0 bridgehead atoms. The molecule has 0 radical (unpaired) electrons. The van der Waals surface area contributed by atoms with Crippen molar-refractivity contribution in [1.29, 1.82) is 5.26 Å². The molecule has 1 atom stereocenters. The van der Waals surface area contributed by atoms with Crippen LogP contribution in [-0.4, -0.2) is 11.0 Å². The Morgan fingerprint density at radius 2 is 1.81 bits per heavy atom. The summed E-state index contributed by atoms with van der Waals surface area (Å²) < 4.78 is 13.8. The number of hydrogen-bond donors (Lipinski definition) is 3. The standard InChI is InChI=1S/C23H18ClFN4OS/c1-14(15-6-8-17(24)9-7-15)27-23(31)28-18-10-11-21(16(12-18)13-26)29-22(30)19-4-2-3-5-20(19)25/h2-12,14H,1H3,(H,29,30)(H2,27,28,31)/t14-/m1/s1. The predicted molar refractivity (Wildman–Crippen MR) is 125 cm³/mol. The van der Waals surface area contributed by atoms with Gasteiger partial charge in [-0.3, -0.25) is 4.79 Å². The Morgan fingerprint density at radius 3 is 2.48 bits per heavy atom. The van der Waals surface area contributed by atoms with E-state index in [0.717, 1.165) is 5.56 Å². The second kappa shape index (κ2) is 10.0. The molecule has 5 nitrogen and oxygen atoms in total. The molecule has 0 heterocycles. The van der Waals surface area contributed by atoms with Gasteiger partial charge >= 0.3 is 0 Å². The van der Waals surface area contributed by atoms with Gasteiger partial charge in [-0.05, 0) is 67.2 Å². The zero-order chi connectivity index (χ0) is 22.4. The molecule has 8 heteroatoms. The molecule has 0 saturated carbocycles. The molecular formula is C23H18ClFN4OS. The fraction of sp³-hybridized carbons (Fsp3) is 0.0870. The number of nitriles is 1. The van der Waals surface area contributed by atoms with Crippen LogP contribution >= 0.6 is 23.8 Å². The number of carbonyl (C=O) groups excluding carboxylic acids is 1. The number of benzene rings is 3. The molecule has 0 aliphatic rings. The first-order valence-corrected chi connectivity index (χ1v) is 10.1. The number of rotatable bonds is 5. The van der Waals surface area contributed by atoms with Crippen molar-refractivity contribution in [3.8, 4) is 6.07 Å². The van der Waals surface area contributed by atoms with Crippen LogP contribution in [0, 0.1) is 17.1 Å². The van der Waals surface area contributed by atoms with E-state index in [1.54, 1.807) is 36.4 Å². The van der Waals surface area contributed by atoms with Crippen LogP contribution in [0.25, 0.3) is 0 Å². The molecule has 0 fully saturated rings. The molecule has 0 spiro atoms. The zero-order valence-corrected chi connectivity index (χ0v) is 18.0. The first kappa shape index (κ1) is 22.2. The lowest BCUT2D eigenvalue weighted by molar-refractivity contribution is 0.102. The molecule has 31 heavy (non-hydrogen) atoms. The highest BCUT2D eigenvalue weighted by Crippen LogP contribution is 2.22. The van der Waals surface area contributed by atoms with E-state index in [9.17, 15) is 14.4 Å². The monoisotopic (exact) mass is 452 g/mol. The SMILES string of the molecule is C[C@@H](NC(=S)Nc1ccc(NC(=O)c2ccccc2F)c(C#N)c1)c1ccc(Cl)cc1. The molecular weight excluding hydrogens is 435 g/mol. The maximum Gasteiger partial charge on any atom is 0.258 e. The third-order valence-corrected chi connectivity index (χ3v) is 4.95. The summed E-state index contributed by atoms with van der Waals surface area (Å²) in [4.78, 5) is 12.3. The third kappa shape index (κ3) is 5.79. The topological polar surface area (TPSA) is 76.9 Å². The van der Waals surface area contributed by atoms with Crippen LogP contribution in [0.15, 0.2) is 66.7 Å². The van der Waals surface area contributed by atoms with E-state index < -0.39 is 11.7 Å². The molecule has 156 valence electrons. The average molecular weight is 453 g/mol. The van der Waals surface area contributed by atoms with Crippen LogP contribution in [0.3, 0.4) is 0 Å². The Bertz CT molecular complexity index is 1160. The minimum absolute atomic E-state index is 0.0629. The smallest absolute Gasteiger partial charge is 0.258 e. The molecule has 0 aliphatic carbocycles. The van der Waals surface area contributed by atoms with E-state index >= 15 is 0 Å². The largest absolute Gasteiger partial charge is 0.356 e. The fourth-order valence-corrected chi connectivity index (χ4v) is 3.28. The number of anilines is 2. The van der Waals surface area contributed by atoms with Gasteiger partial charge in [0.1, 0.15) is 11.9 Å². The summed E-state index contributed by atoms with van der Waals surface area (Å²) >= 11 is 11.3. The Morgan fingerprint density at radius 1 is 1.10 bits per heavy atom. The Kier molecular flexibility index (Phi) is 7.19. The molecule has 3 N–H and O–H groups in total. The van der Waals surface area contributed by atoms with Crippen LogP contribution in [0.2, 0.25) is 5.02 Å². The third-order valence-electron chi connectivity index (χ3n) is 4.48. The van der Waals surface area contributed by atoms with Crippen molar-refractivity contribution < 1.29 is 9.18 Å². The van der Waals surface area contributed by atoms with Crippen molar-refractivity contribution in [1.82, 2.24) is 5.32 Å². The molecule has 3 rings (SSSR count). The number of amides is 1. The maximum atomic E-state index is 13.8. The number of nitrogens with zero attached hydrogens (tertiary/aromatic N) is 1. The van der Waals surface area contributed by atoms with E-state index in [-0.39, 0.29) is 22.9 Å². The highest BCUT2D eigenvalue weighted by molar-refractivity contribution is 7.80. The zero-order valence-electron chi connectivity index (χ0n) is 16.4. The van der Waals surface area contributed by atoms with Crippen molar-refractivity contribution >= 4 is 46.2 Å². The highest BCUT2D eigenvalue weighted by atomic mass is 35.5. The highest BCUT2D eigenvalue weighted by Gasteiger charge is 2.14. The van der Waals surface area contributed by atoms with Crippen molar-refractivity contribution in [2.24, 2.45) is 0 Å². The van der Waals surface area contributed by atoms with Crippen molar-refractivity contribution in [2.45, 2.75) is 13.0 Å². The van der Waals surface area contributed by atoms with Gasteiger partial charge in [0.25, 0.3) is 5.91 Å². The molecule has 0 unspecified atom stereocenters. The van der Waals surface area contributed by atoms with Crippen LogP contribution in [0.4, 0.5) is 15.8 Å². The molecule has 0 saturated heterocycles. The van der Waals surface area contributed by atoms with Gasteiger partial charge in [-0.1, -0.05) is 35.9 Å². The summed E-state index contributed by atoms with van der Waals surface area (Å²) in [5.41, 5.74) is 1.96. The van der Waals surface area contributed by atoms with Gasteiger partial charge in [0.2, 0.25) is 0 Å². The van der Waals surface area contributed by atoms with E-state index in [2.05, 4.69) is 16.0 Å². The van der Waals surface area contributed by atoms with Crippen LogP contribution in [0.5, 0.6) is 0 Å². The van der Waals surface area contributed by atoms with Gasteiger partial charge in [0.05, 0.1) is 22.9 Å². The normalized spacial score (nSPS) is 11.2. The molecule has 0 aromatic heterocycles. The predicted octanol–water partition coefficient (Wildman–Crippen LogP) is 5.65. The second-order valence-electron chi connectivity index (χ2n) is 6.68. The lowest BCUT2D eigenvalue weighted by atomic mass is 10.1. The molecule has 3 aromatic rings. The van der Waals surface area contributed by atoms with E-state index in [0.29, 0.717) is 15.8 Å². The summed E-state index contributed by atoms with van der Waals surface area (Å²) in [6.45, 7) is 1.96. The number of nitrogens with one attached hydrogen (secondary N) is 3. The maximum absolute atomic E-state index is 13.8. The summed E-state index contributed by atoms with van der Waals surface area (Å²) in [5.74, 6) is -1.27. The van der Waals surface area contributed by atoms with E-state index in [1.165, 1.54) is 18.2 Å². The van der Waals surface area contributed by atoms with Crippen molar-refractivity contribution in [3.05, 3.63) is 94.3 Å².